The van der Waals surface area contributed by atoms with Crippen LogP contribution in [-0.2, 0) is 30.4 Å². The maximum absolute atomic E-state index is 13.2. The Bertz CT molecular complexity index is 1070. The van der Waals surface area contributed by atoms with E-state index < -0.39 is 48.3 Å². The number of aromatic hydroxyl groups is 1. The van der Waals surface area contributed by atoms with Crippen LogP contribution in [0.4, 0.5) is 0 Å². The Morgan fingerprint density at radius 2 is 1.70 bits per heavy atom. The number of phenolic OH excluding ortho intramolecular Hbond substituents is 1. The van der Waals surface area contributed by atoms with Crippen molar-refractivity contribution in [3.8, 4) is 11.5 Å². The van der Waals surface area contributed by atoms with Crippen molar-refractivity contribution in [2.75, 3.05) is 24.9 Å². The van der Waals surface area contributed by atoms with Gasteiger partial charge in [0, 0.05) is 23.8 Å². The Labute approximate surface area is 261 Å². The van der Waals surface area contributed by atoms with Crippen LogP contribution in [0, 0.1) is 0 Å². The molecule has 0 spiro atoms. The monoisotopic (exact) mass is 643 g/mol. The normalized spacial score (nSPS) is 13.8. The lowest BCUT2D eigenvalue weighted by Gasteiger charge is -2.24. The van der Waals surface area contributed by atoms with Gasteiger partial charge < -0.3 is 36.4 Å². The number of ketones is 1. The van der Waals surface area contributed by atoms with Crippen LogP contribution >= 0.6 is 23.5 Å². The van der Waals surface area contributed by atoms with Crippen molar-refractivity contribution in [1.29, 1.82) is 0 Å². The van der Waals surface area contributed by atoms with Gasteiger partial charge in [0.05, 0.1) is 19.6 Å². The molecule has 4 atom stereocenters. The van der Waals surface area contributed by atoms with Gasteiger partial charge in [-0.15, -0.1) is 0 Å². The van der Waals surface area contributed by atoms with Gasteiger partial charge in [-0.2, -0.15) is 23.5 Å². The fraction of sp³-hybridized carbons (Fsp3) is 0.621. The topological polar surface area (TPSA) is 205 Å². The van der Waals surface area contributed by atoms with Gasteiger partial charge in [0.1, 0.15) is 17.9 Å². The Morgan fingerprint density at radius 3 is 2.30 bits per heavy atom. The number of thioether (sulfide) groups is 2. The number of nitrogens with two attached hydrogens (primary N) is 1. The number of carboxylic acid groups (broad SMARTS) is 2. The van der Waals surface area contributed by atoms with Crippen LogP contribution in [0.1, 0.15) is 63.9 Å². The molecular weight excluding hydrogens is 598 g/mol. The molecule has 4 unspecified atom stereocenters. The van der Waals surface area contributed by atoms with Gasteiger partial charge in [0.15, 0.2) is 11.5 Å². The molecule has 0 heterocycles. The smallest absolute Gasteiger partial charge is 0.326 e. The number of aliphatic carboxylic acids is 2. The third kappa shape index (κ3) is 15.4. The predicted octanol–water partition coefficient (Wildman–Crippen LogP) is 2.58. The molecule has 242 valence electrons. The highest BCUT2D eigenvalue weighted by atomic mass is 32.2. The van der Waals surface area contributed by atoms with E-state index in [1.165, 1.54) is 36.7 Å². The third-order valence-corrected chi connectivity index (χ3v) is 8.65. The second-order valence-corrected chi connectivity index (χ2v) is 12.5. The standard InChI is InChI=1S/C29H45N3O9S2/c1-4-5-6-7-20(15-19(33)10-8-18-9-11-24(34)25(14-18)41-2)43-17-23(32-27(37)21(30)16-26(35)36)28(38)31-22(29(39)40)12-13-42-3/h9,11,14,20-23,34H,4-8,10,12-13,15-17,30H2,1-3H3,(H,31,38)(H,32,37)(H,35,36)(H,39,40). The molecule has 43 heavy (non-hydrogen) atoms. The maximum atomic E-state index is 13.2. The molecule has 7 N–H and O–H groups in total. The van der Waals surface area contributed by atoms with E-state index in [4.69, 9.17) is 15.6 Å². The number of unbranched alkanes of at least 4 members (excludes halogenated alkanes) is 2. The molecule has 0 bridgehead atoms. The van der Waals surface area contributed by atoms with Crippen molar-refractivity contribution < 1.29 is 44.0 Å². The number of rotatable bonds is 23. The van der Waals surface area contributed by atoms with Crippen molar-refractivity contribution in [2.45, 2.75) is 88.1 Å². The van der Waals surface area contributed by atoms with Gasteiger partial charge in [-0.25, -0.2) is 4.79 Å². The molecule has 0 saturated heterocycles. The lowest BCUT2D eigenvalue weighted by Crippen LogP contribution is -2.55. The van der Waals surface area contributed by atoms with E-state index in [1.54, 1.807) is 12.1 Å². The van der Waals surface area contributed by atoms with Crippen molar-refractivity contribution in [3.05, 3.63) is 23.8 Å². The largest absolute Gasteiger partial charge is 0.504 e. The summed E-state index contributed by atoms with van der Waals surface area (Å²) in [6.45, 7) is 2.06. The van der Waals surface area contributed by atoms with Crippen LogP contribution < -0.4 is 21.1 Å². The summed E-state index contributed by atoms with van der Waals surface area (Å²) in [4.78, 5) is 61.5. The number of hydrogen-bond acceptors (Lipinski definition) is 10. The molecule has 2 amide bonds. The number of hydrogen-bond donors (Lipinski definition) is 6. The minimum Gasteiger partial charge on any atom is -0.504 e. The molecule has 0 fully saturated rings. The Kier molecular flexibility index (Phi) is 18.5. The SMILES string of the molecule is CCCCCC(CC(=O)CCc1ccc(O)c(OC)c1)SCC(NC(=O)C(N)CC(=O)O)C(=O)NC(CCSC)C(=O)O. The van der Waals surface area contributed by atoms with Gasteiger partial charge in [0.25, 0.3) is 0 Å². The van der Waals surface area contributed by atoms with Gasteiger partial charge in [-0.1, -0.05) is 32.3 Å². The van der Waals surface area contributed by atoms with E-state index in [2.05, 4.69) is 17.6 Å². The first-order chi connectivity index (χ1) is 20.4. The molecule has 1 aromatic rings. The number of carbonyl (C=O) groups is 5. The fourth-order valence-electron chi connectivity index (χ4n) is 4.12. The number of ether oxygens (including phenoxy) is 1. The van der Waals surface area contributed by atoms with E-state index >= 15 is 0 Å². The highest BCUT2D eigenvalue weighted by molar-refractivity contribution is 8.00. The van der Waals surface area contributed by atoms with Gasteiger partial charge in [-0.05, 0) is 49.0 Å². The third-order valence-electron chi connectivity index (χ3n) is 6.61. The van der Waals surface area contributed by atoms with E-state index in [0.717, 1.165) is 24.8 Å². The summed E-state index contributed by atoms with van der Waals surface area (Å²) in [5, 5.41) is 33.1. The van der Waals surface area contributed by atoms with Crippen molar-refractivity contribution in [3.63, 3.8) is 0 Å². The summed E-state index contributed by atoms with van der Waals surface area (Å²) in [5.74, 6) is -3.18. The van der Waals surface area contributed by atoms with E-state index in [1.807, 2.05) is 6.26 Å². The number of carbonyl (C=O) groups excluding carboxylic acids is 3. The summed E-state index contributed by atoms with van der Waals surface area (Å²) >= 11 is 2.76. The van der Waals surface area contributed by atoms with Crippen molar-refractivity contribution >= 4 is 53.1 Å². The first-order valence-corrected chi connectivity index (χ1v) is 16.6. The number of phenols is 1. The Morgan fingerprint density at radius 1 is 1.00 bits per heavy atom. The van der Waals surface area contributed by atoms with Crippen molar-refractivity contribution in [2.24, 2.45) is 5.73 Å². The first-order valence-electron chi connectivity index (χ1n) is 14.2. The number of nitrogens with one attached hydrogen (secondary N) is 2. The number of carboxylic acids is 2. The Balaban J connectivity index is 3.00. The maximum Gasteiger partial charge on any atom is 0.326 e. The van der Waals surface area contributed by atoms with Gasteiger partial charge >= 0.3 is 11.9 Å². The van der Waals surface area contributed by atoms with Crippen molar-refractivity contribution in [1.82, 2.24) is 10.6 Å². The van der Waals surface area contributed by atoms with Crippen LogP contribution in [-0.4, -0.2) is 93.1 Å². The molecular formula is C29H45N3O9S2. The summed E-state index contributed by atoms with van der Waals surface area (Å²) in [6, 6.07) is 1.16. The lowest BCUT2D eigenvalue weighted by atomic mass is 10.0. The summed E-state index contributed by atoms with van der Waals surface area (Å²) < 4.78 is 5.13. The molecule has 0 aliphatic carbocycles. The molecule has 0 radical (unpaired) electrons. The van der Waals surface area contributed by atoms with E-state index in [9.17, 15) is 34.2 Å². The zero-order chi connectivity index (χ0) is 32.4. The summed E-state index contributed by atoms with van der Waals surface area (Å²) in [5.41, 5.74) is 6.54. The predicted molar refractivity (Wildman–Crippen MR) is 168 cm³/mol. The molecule has 0 aromatic heterocycles. The highest BCUT2D eigenvalue weighted by Gasteiger charge is 2.29. The summed E-state index contributed by atoms with van der Waals surface area (Å²) in [6.07, 6.45) is 5.79. The highest BCUT2D eigenvalue weighted by Crippen LogP contribution is 2.28. The second kappa shape index (κ2) is 20.9. The number of methoxy groups -OCH3 is 1. The van der Waals surface area contributed by atoms with E-state index in [-0.39, 0.29) is 41.8 Å². The number of aryl methyl sites for hydroxylation is 1. The quantitative estimate of drug-likeness (QED) is 0.0952. The average molecular weight is 644 g/mol. The second-order valence-electron chi connectivity index (χ2n) is 10.1. The Hall–Kier alpha value is -2.97. The molecule has 1 aromatic carbocycles. The van der Waals surface area contributed by atoms with Gasteiger partial charge in [0.2, 0.25) is 11.8 Å². The van der Waals surface area contributed by atoms with Crippen LogP contribution in [0.3, 0.4) is 0 Å². The van der Waals surface area contributed by atoms with Crippen LogP contribution in [0.2, 0.25) is 0 Å². The lowest BCUT2D eigenvalue weighted by molar-refractivity contribution is -0.142. The number of amides is 2. The fourth-order valence-corrected chi connectivity index (χ4v) is 5.93. The first kappa shape index (κ1) is 38.1. The van der Waals surface area contributed by atoms with Crippen LogP contribution in [0.15, 0.2) is 18.2 Å². The van der Waals surface area contributed by atoms with Crippen LogP contribution in [0.25, 0.3) is 0 Å². The molecule has 1 rings (SSSR count). The number of Topliss-reactive ketones (excluding diaryl/α,β-unsaturated/α-hetero) is 1. The minimum absolute atomic E-state index is 0.0116. The summed E-state index contributed by atoms with van der Waals surface area (Å²) in [7, 11) is 1.45. The zero-order valence-electron chi connectivity index (χ0n) is 25.0. The average Bonchev–Trinajstić information content (AvgIpc) is 2.95. The molecule has 0 saturated carbocycles. The molecule has 0 aliphatic heterocycles. The number of benzene rings is 1. The van der Waals surface area contributed by atoms with E-state index in [0.29, 0.717) is 24.3 Å². The molecule has 12 nitrogen and oxygen atoms in total. The molecule has 0 aliphatic rings. The van der Waals surface area contributed by atoms with Gasteiger partial charge in [-0.3, -0.25) is 19.2 Å². The van der Waals surface area contributed by atoms with Crippen LogP contribution in [0.5, 0.6) is 11.5 Å². The molecule has 14 heteroatoms. The zero-order valence-corrected chi connectivity index (χ0v) is 26.6. The minimum atomic E-state index is -1.40.